The molecule has 1 atom stereocenters. The molecule has 1 spiro atoms. The maximum Gasteiger partial charge on any atom is 0.306 e. The molecule has 0 radical (unpaired) electrons. The molecule has 0 aromatic carbocycles. The van der Waals surface area contributed by atoms with E-state index in [2.05, 4.69) is 13.8 Å². The molecule has 2 heteroatoms. The Balaban J connectivity index is 1.89. The van der Waals surface area contributed by atoms with Crippen LogP contribution in [-0.2, 0) is 9.53 Å². The van der Waals surface area contributed by atoms with Gasteiger partial charge in [-0.25, -0.2) is 0 Å². The fourth-order valence-corrected chi connectivity index (χ4v) is 3.09. The van der Waals surface area contributed by atoms with E-state index in [0.29, 0.717) is 6.42 Å². The molecule has 1 saturated carbocycles. The molecule has 86 valence electrons. The average molecular weight is 210 g/mol. The monoisotopic (exact) mass is 210 g/mol. The third-order valence-electron chi connectivity index (χ3n) is 4.51. The van der Waals surface area contributed by atoms with E-state index >= 15 is 0 Å². The summed E-state index contributed by atoms with van der Waals surface area (Å²) in [7, 11) is 0. The topological polar surface area (TPSA) is 26.3 Å². The number of rotatable bonds is 2. The largest absolute Gasteiger partial charge is 0.459 e. The summed E-state index contributed by atoms with van der Waals surface area (Å²) in [5.41, 5.74) is -0.0406. The molecule has 1 aliphatic carbocycles. The normalized spacial score (nSPS) is 38.0. The molecule has 15 heavy (non-hydrogen) atoms. The van der Waals surface area contributed by atoms with Gasteiger partial charge in [-0.05, 0) is 43.9 Å². The van der Waals surface area contributed by atoms with Crippen molar-refractivity contribution in [3.05, 3.63) is 0 Å². The van der Waals surface area contributed by atoms with E-state index in [1.165, 1.54) is 19.3 Å². The minimum Gasteiger partial charge on any atom is -0.459 e. The molecule has 0 bridgehead atoms. The van der Waals surface area contributed by atoms with Crippen molar-refractivity contribution in [1.82, 2.24) is 0 Å². The lowest BCUT2D eigenvalue weighted by atomic mass is 9.72. The summed E-state index contributed by atoms with van der Waals surface area (Å²) in [6.45, 7) is 4.62. The highest BCUT2D eigenvalue weighted by Crippen LogP contribution is 2.44. The lowest BCUT2D eigenvalue weighted by molar-refractivity contribution is -0.151. The predicted molar refractivity (Wildman–Crippen MR) is 59.5 cm³/mol. The zero-order valence-electron chi connectivity index (χ0n) is 9.92. The van der Waals surface area contributed by atoms with Crippen molar-refractivity contribution in [2.24, 2.45) is 11.8 Å². The summed E-state index contributed by atoms with van der Waals surface area (Å²) in [6.07, 6.45) is 7.61. The molecule has 0 N–H and O–H groups in total. The van der Waals surface area contributed by atoms with E-state index in [-0.39, 0.29) is 11.6 Å². The van der Waals surface area contributed by atoms with Crippen LogP contribution in [0.5, 0.6) is 0 Å². The second kappa shape index (κ2) is 4.15. The van der Waals surface area contributed by atoms with Crippen molar-refractivity contribution in [2.45, 2.75) is 64.4 Å². The first-order valence-electron chi connectivity index (χ1n) is 6.37. The minimum absolute atomic E-state index is 0.0250. The summed E-state index contributed by atoms with van der Waals surface area (Å²) < 4.78 is 5.51. The van der Waals surface area contributed by atoms with Gasteiger partial charge in [-0.2, -0.15) is 0 Å². The summed E-state index contributed by atoms with van der Waals surface area (Å²) in [5.74, 6) is 1.72. The Hall–Kier alpha value is -0.530. The fraction of sp³-hybridized carbons (Fsp3) is 0.923. The van der Waals surface area contributed by atoms with Crippen molar-refractivity contribution in [3.63, 3.8) is 0 Å². The van der Waals surface area contributed by atoms with Gasteiger partial charge in [0, 0.05) is 6.42 Å². The van der Waals surface area contributed by atoms with Gasteiger partial charge in [0.25, 0.3) is 0 Å². The van der Waals surface area contributed by atoms with Crippen LogP contribution in [0, 0.1) is 11.8 Å². The van der Waals surface area contributed by atoms with E-state index in [1.807, 2.05) is 0 Å². The van der Waals surface area contributed by atoms with Crippen LogP contribution < -0.4 is 0 Å². The first kappa shape index (κ1) is 11.0. The number of carbonyl (C=O) groups is 1. The molecule has 1 saturated heterocycles. The highest BCUT2D eigenvalue weighted by atomic mass is 16.6. The highest BCUT2D eigenvalue weighted by Gasteiger charge is 2.43. The van der Waals surface area contributed by atoms with Crippen LogP contribution in [0.1, 0.15) is 58.8 Å². The smallest absolute Gasteiger partial charge is 0.306 e. The molecule has 2 fully saturated rings. The van der Waals surface area contributed by atoms with Gasteiger partial charge in [0.05, 0.1) is 0 Å². The van der Waals surface area contributed by atoms with E-state index in [4.69, 9.17) is 4.74 Å². The Labute approximate surface area is 92.4 Å². The Morgan fingerprint density at radius 1 is 1.40 bits per heavy atom. The minimum atomic E-state index is -0.0406. The van der Waals surface area contributed by atoms with Gasteiger partial charge in [0.15, 0.2) is 0 Å². The molecule has 2 aliphatic rings. The van der Waals surface area contributed by atoms with Crippen LogP contribution in [0.3, 0.4) is 0 Å². The molecular weight excluding hydrogens is 188 g/mol. The molecule has 2 nitrogen and oxygen atoms in total. The third-order valence-corrected chi connectivity index (χ3v) is 4.51. The molecule has 1 heterocycles. The molecule has 1 unspecified atom stereocenters. The van der Waals surface area contributed by atoms with Gasteiger partial charge in [-0.3, -0.25) is 4.79 Å². The Bertz CT molecular complexity index is 239. The van der Waals surface area contributed by atoms with Crippen LogP contribution in [0.2, 0.25) is 0 Å². The summed E-state index contributed by atoms with van der Waals surface area (Å²) in [5, 5.41) is 0. The first-order valence-corrected chi connectivity index (χ1v) is 6.37. The molecule has 0 aromatic heterocycles. The number of ether oxygens (including phenoxy) is 1. The van der Waals surface area contributed by atoms with Crippen LogP contribution in [-0.4, -0.2) is 11.6 Å². The van der Waals surface area contributed by atoms with Crippen LogP contribution in [0.4, 0.5) is 0 Å². The van der Waals surface area contributed by atoms with E-state index in [1.54, 1.807) is 0 Å². The van der Waals surface area contributed by atoms with Gasteiger partial charge >= 0.3 is 5.97 Å². The fourth-order valence-electron chi connectivity index (χ4n) is 3.09. The predicted octanol–water partition coefficient (Wildman–Crippen LogP) is 3.30. The molecule has 1 aliphatic heterocycles. The third kappa shape index (κ3) is 2.19. The summed E-state index contributed by atoms with van der Waals surface area (Å²) in [4.78, 5) is 11.2. The van der Waals surface area contributed by atoms with Crippen molar-refractivity contribution >= 4 is 5.97 Å². The van der Waals surface area contributed by atoms with Crippen LogP contribution >= 0.6 is 0 Å². The van der Waals surface area contributed by atoms with Gasteiger partial charge < -0.3 is 4.74 Å². The first-order chi connectivity index (χ1) is 7.15. The lowest BCUT2D eigenvalue weighted by Crippen LogP contribution is -2.35. The van der Waals surface area contributed by atoms with Gasteiger partial charge in [-0.15, -0.1) is 0 Å². The number of hydrogen-bond donors (Lipinski definition) is 0. The zero-order chi connectivity index (χ0) is 10.9. The standard InChI is InChI=1S/C13H22O2/c1-3-10(2)11-4-7-13(8-5-11)9-6-12(14)15-13/h10-11H,3-9H2,1-2H3. The SMILES string of the molecule is CCC(C)C1CCC2(CCC(=O)O2)CC1. The van der Waals surface area contributed by atoms with Crippen molar-refractivity contribution in [2.75, 3.05) is 0 Å². The zero-order valence-corrected chi connectivity index (χ0v) is 9.92. The van der Waals surface area contributed by atoms with Gasteiger partial charge in [0.1, 0.15) is 5.60 Å². The number of hydrogen-bond acceptors (Lipinski definition) is 2. The van der Waals surface area contributed by atoms with E-state index in [9.17, 15) is 4.79 Å². The quantitative estimate of drug-likeness (QED) is 0.654. The summed E-state index contributed by atoms with van der Waals surface area (Å²) in [6, 6.07) is 0. The van der Waals surface area contributed by atoms with Crippen LogP contribution in [0.25, 0.3) is 0 Å². The average Bonchev–Trinajstić information content (AvgIpc) is 2.60. The molecule has 0 aromatic rings. The van der Waals surface area contributed by atoms with Gasteiger partial charge in [0.2, 0.25) is 0 Å². The van der Waals surface area contributed by atoms with Crippen molar-refractivity contribution < 1.29 is 9.53 Å². The van der Waals surface area contributed by atoms with Crippen LogP contribution in [0.15, 0.2) is 0 Å². The second-order valence-corrected chi connectivity index (χ2v) is 5.38. The van der Waals surface area contributed by atoms with Crippen molar-refractivity contribution in [1.29, 1.82) is 0 Å². The molecular formula is C13H22O2. The maximum atomic E-state index is 11.2. The number of esters is 1. The Kier molecular flexibility index (Phi) is 3.03. The number of carbonyl (C=O) groups excluding carboxylic acids is 1. The van der Waals surface area contributed by atoms with E-state index in [0.717, 1.165) is 31.1 Å². The highest BCUT2D eigenvalue weighted by molar-refractivity contribution is 5.72. The molecule has 2 rings (SSSR count). The summed E-state index contributed by atoms with van der Waals surface area (Å²) >= 11 is 0. The maximum absolute atomic E-state index is 11.2. The van der Waals surface area contributed by atoms with Gasteiger partial charge in [-0.1, -0.05) is 20.3 Å². The lowest BCUT2D eigenvalue weighted by Gasteiger charge is -2.37. The Morgan fingerprint density at radius 2 is 2.07 bits per heavy atom. The second-order valence-electron chi connectivity index (χ2n) is 5.38. The van der Waals surface area contributed by atoms with Crippen molar-refractivity contribution in [3.8, 4) is 0 Å². The molecule has 0 amide bonds. The Morgan fingerprint density at radius 3 is 2.53 bits per heavy atom. The van der Waals surface area contributed by atoms with E-state index < -0.39 is 0 Å².